The fourth-order valence-electron chi connectivity index (χ4n) is 2.92. The van der Waals surface area contributed by atoms with Gasteiger partial charge in [-0.25, -0.2) is 4.79 Å². The summed E-state index contributed by atoms with van der Waals surface area (Å²) in [6.45, 7) is 0. The predicted octanol–water partition coefficient (Wildman–Crippen LogP) is 2.78. The monoisotopic (exact) mass is 328 g/mol. The van der Waals surface area contributed by atoms with E-state index >= 15 is 0 Å². The minimum Gasteiger partial charge on any atom is -0.497 e. The number of esters is 1. The van der Waals surface area contributed by atoms with E-state index in [9.17, 15) is 14.7 Å². The summed E-state index contributed by atoms with van der Waals surface area (Å²) >= 11 is 0. The first-order valence-electron chi connectivity index (χ1n) is 7.31. The van der Waals surface area contributed by atoms with Gasteiger partial charge in [0.25, 0.3) is 0 Å². The van der Waals surface area contributed by atoms with Gasteiger partial charge in [0.05, 0.1) is 19.8 Å². The van der Waals surface area contributed by atoms with Gasteiger partial charge in [0.15, 0.2) is 0 Å². The van der Waals surface area contributed by atoms with Gasteiger partial charge in [-0.1, -0.05) is 18.2 Å². The van der Waals surface area contributed by atoms with Gasteiger partial charge in [0.1, 0.15) is 23.5 Å². The summed E-state index contributed by atoms with van der Waals surface area (Å²) in [5.74, 6) is -1.67. The van der Waals surface area contributed by atoms with Crippen LogP contribution in [-0.2, 0) is 9.53 Å². The van der Waals surface area contributed by atoms with Crippen LogP contribution in [0.4, 0.5) is 0 Å². The van der Waals surface area contributed by atoms with Crippen molar-refractivity contribution in [3.63, 3.8) is 0 Å². The van der Waals surface area contributed by atoms with E-state index in [1.807, 2.05) is 0 Å². The summed E-state index contributed by atoms with van der Waals surface area (Å²) in [6.07, 6.45) is -0.981. The molecule has 1 heterocycles. The number of benzene rings is 2. The highest BCUT2D eigenvalue weighted by Crippen LogP contribution is 2.44. The Morgan fingerprint density at radius 2 is 1.83 bits per heavy atom. The van der Waals surface area contributed by atoms with Crippen molar-refractivity contribution in [1.29, 1.82) is 0 Å². The van der Waals surface area contributed by atoms with Crippen LogP contribution in [0.5, 0.6) is 11.5 Å². The van der Waals surface area contributed by atoms with E-state index in [-0.39, 0.29) is 5.56 Å². The molecule has 1 aliphatic heterocycles. The molecule has 0 bridgehead atoms. The topological polar surface area (TPSA) is 82.1 Å². The van der Waals surface area contributed by atoms with E-state index in [4.69, 9.17) is 14.2 Å². The van der Waals surface area contributed by atoms with Crippen LogP contribution < -0.4 is 9.47 Å². The van der Waals surface area contributed by atoms with Gasteiger partial charge in [-0.2, -0.15) is 0 Å². The Kier molecular flexibility index (Phi) is 4.12. The molecule has 2 aromatic carbocycles. The molecule has 0 aromatic heterocycles. The molecule has 1 N–H and O–H groups in total. The van der Waals surface area contributed by atoms with E-state index in [0.29, 0.717) is 22.6 Å². The summed E-state index contributed by atoms with van der Waals surface area (Å²) in [4.78, 5) is 24.2. The molecule has 0 saturated carbocycles. The third-order valence-corrected chi connectivity index (χ3v) is 4.07. The molecule has 2 aromatic rings. The molecule has 1 aliphatic rings. The predicted molar refractivity (Wildman–Crippen MR) is 84.5 cm³/mol. The maximum atomic E-state index is 12.3. The van der Waals surface area contributed by atoms with Gasteiger partial charge in [-0.3, -0.25) is 4.79 Å². The molecule has 0 spiro atoms. The van der Waals surface area contributed by atoms with Crippen LogP contribution in [0.15, 0.2) is 42.5 Å². The van der Waals surface area contributed by atoms with Crippen molar-refractivity contribution in [1.82, 2.24) is 0 Å². The minimum atomic E-state index is -1.07. The van der Waals surface area contributed by atoms with E-state index in [1.54, 1.807) is 42.5 Å². The first kappa shape index (κ1) is 15.9. The smallest absolute Gasteiger partial charge is 0.339 e. The fraction of sp³-hybridized carbons (Fsp3) is 0.222. The number of methoxy groups -OCH3 is 2. The number of carboxylic acid groups (broad SMARTS) is 1. The van der Waals surface area contributed by atoms with Gasteiger partial charge < -0.3 is 19.3 Å². The number of hydrogen-bond acceptors (Lipinski definition) is 5. The van der Waals surface area contributed by atoms with E-state index in [2.05, 4.69) is 0 Å². The molecule has 124 valence electrons. The quantitative estimate of drug-likeness (QED) is 0.869. The molecule has 0 fully saturated rings. The van der Waals surface area contributed by atoms with Crippen molar-refractivity contribution < 1.29 is 28.9 Å². The summed E-state index contributed by atoms with van der Waals surface area (Å²) in [6, 6.07) is 11.5. The molecule has 6 heteroatoms. The highest BCUT2D eigenvalue weighted by molar-refractivity contribution is 5.96. The number of carbonyl (C=O) groups is 2. The van der Waals surface area contributed by atoms with Crippen molar-refractivity contribution in [3.05, 3.63) is 59.2 Å². The maximum Gasteiger partial charge on any atom is 0.339 e. The molecule has 0 amide bonds. The minimum absolute atomic E-state index is 0.272. The van der Waals surface area contributed by atoms with Crippen LogP contribution >= 0.6 is 0 Å². The van der Waals surface area contributed by atoms with E-state index in [0.717, 1.165) is 0 Å². The number of carbonyl (C=O) groups excluding carboxylic acids is 1. The fourth-order valence-corrected chi connectivity index (χ4v) is 2.92. The molecule has 2 atom stereocenters. The highest BCUT2D eigenvalue weighted by atomic mass is 16.5. The van der Waals surface area contributed by atoms with Gasteiger partial charge in [-0.15, -0.1) is 0 Å². The lowest BCUT2D eigenvalue weighted by atomic mass is 9.84. The molecule has 6 nitrogen and oxygen atoms in total. The lowest BCUT2D eigenvalue weighted by Gasteiger charge is -2.31. The maximum absolute atomic E-state index is 12.3. The zero-order valence-electron chi connectivity index (χ0n) is 13.2. The zero-order valence-corrected chi connectivity index (χ0v) is 13.2. The second-order valence-corrected chi connectivity index (χ2v) is 5.34. The Morgan fingerprint density at radius 1 is 1.08 bits per heavy atom. The second-order valence-electron chi connectivity index (χ2n) is 5.34. The average Bonchev–Trinajstić information content (AvgIpc) is 2.60. The van der Waals surface area contributed by atoms with Gasteiger partial charge in [0.2, 0.25) is 0 Å². The van der Waals surface area contributed by atoms with Crippen molar-refractivity contribution in [2.45, 2.75) is 12.0 Å². The molecule has 0 saturated heterocycles. The Bertz CT molecular complexity index is 798. The standard InChI is InChI=1S/C18H16O6/c1-22-10-7-8-13(14(9-10)23-2)16-15(17(19)20)11-5-3-4-6-12(11)18(21)24-16/h3-9,15-16H,1-2H3,(H,19,20)/t15-,16+/m0/s1. The van der Waals surface area contributed by atoms with Gasteiger partial charge in [-0.05, 0) is 23.8 Å². The normalized spacial score (nSPS) is 19.2. The molecule has 0 radical (unpaired) electrons. The third kappa shape index (κ3) is 2.56. The summed E-state index contributed by atoms with van der Waals surface area (Å²) in [5, 5.41) is 9.71. The molecular weight excluding hydrogens is 312 g/mol. The Morgan fingerprint density at radius 3 is 2.50 bits per heavy atom. The van der Waals surface area contributed by atoms with Gasteiger partial charge >= 0.3 is 11.9 Å². The number of cyclic esters (lactones) is 1. The van der Waals surface area contributed by atoms with Gasteiger partial charge in [0, 0.05) is 11.6 Å². The number of rotatable bonds is 4. The zero-order chi connectivity index (χ0) is 17.3. The summed E-state index contributed by atoms with van der Waals surface area (Å²) in [7, 11) is 2.98. The van der Waals surface area contributed by atoms with Crippen LogP contribution in [0, 0.1) is 0 Å². The van der Waals surface area contributed by atoms with Crippen LogP contribution in [0.2, 0.25) is 0 Å². The molecule has 0 unspecified atom stereocenters. The average molecular weight is 328 g/mol. The Hall–Kier alpha value is -3.02. The van der Waals surface area contributed by atoms with Crippen molar-refractivity contribution in [2.24, 2.45) is 0 Å². The van der Waals surface area contributed by atoms with Crippen LogP contribution in [-0.4, -0.2) is 31.3 Å². The number of hydrogen-bond donors (Lipinski definition) is 1. The van der Waals surface area contributed by atoms with Crippen molar-refractivity contribution in [3.8, 4) is 11.5 Å². The van der Waals surface area contributed by atoms with Crippen LogP contribution in [0.25, 0.3) is 0 Å². The number of carboxylic acids is 1. The van der Waals surface area contributed by atoms with E-state index in [1.165, 1.54) is 14.2 Å². The van der Waals surface area contributed by atoms with Crippen LogP contribution in [0.1, 0.15) is 33.5 Å². The van der Waals surface area contributed by atoms with Crippen LogP contribution in [0.3, 0.4) is 0 Å². The number of ether oxygens (including phenoxy) is 3. The summed E-state index contributed by atoms with van der Waals surface area (Å²) < 4.78 is 15.9. The Labute approximate surface area is 138 Å². The highest BCUT2D eigenvalue weighted by Gasteiger charge is 2.42. The molecular formula is C18H16O6. The van der Waals surface area contributed by atoms with Crippen molar-refractivity contribution >= 4 is 11.9 Å². The summed E-state index contributed by atoms with van der Waals surface area (Å²) in [5.41, 5.74) is 1.19. The van der Waals surface area contributed by atoms with E-state index < -0.39 is 24.0 Å². The molecule has 3 rings (SSSR count). The first-order chi connectivity index (χ1) is 11.6. The number of aliphatic carboxylic acids is 1. The molecule has 24 heavy (non-hydrogen) atoms. The lowest BCUT2D eigenvalue weighted by molar-refractivity contribution is -0.142. The largest absolute Gasteiger partial charge is 0.497 e. The lowest BCUT2D eigenvalue weighted by Crippen LogP contribution is -2.31. The van der Waals surface area contributed by atoms with Crippen molar-refractivity contribution in [2.75, 3.05) is 14.2 Å². The second kappa shape index (κ2) is 6.23. The Balaban J connectivity index is 2.14. The third-order valence-electron chi connectivity index (χ3n) is 4.07. The SMILES string of the molecule is COc1ccc([C@H]2OC(=O)c3ccccc3[C@@H]2C(=O)O)c(OC)c1. The molecule has 0 aliphatic carbocycles. The first-order valence-corrected chi connectivity index (χ1v) is 7.31. The number of fused-ring (bicyclic) bond motifs is 1.